The SMILES string of the molecule is CN(C)C(=O)c1ccc(NC(=O)CN2[C@H](C(=O)OC(C)(C)C)C[C@@H]3CCCC[C@@H]32)cc1. The summed E-state index contributed by atoms with van der Waals surface area (Å²) in [6, 6.07) is 6.74. The average molecular weight is 430 g/mol. The molecule has 0 aromatic heterocycles. The van der Waals surface area contributed by atoms with Gasteiger partial charge in [-0.05, 0) is 70.2 Å². The number of likely N-dealkylation sites (tertiary alicyclic amines) is 1. The van der Waals surface area contributed by atoms with E-state index in [-0.39, 0.29) is 36.4 Å². The van der Waals surface area contributed by atoms with Crippen LogP contribution in [0.2, 0.25) is 0 Å². The molecule has 1 aliphatic carbocycles. The number of carbonyl (C=O) groups is 3. The highest BCUT2D eigenvalue weighted by atomic mass is 16.6. The van der Waals surface area contributed by atoms with E-state index in [1.54, 1.807) is 38.4 Å². The summed E-state index contributed by atoms with van der Waals surface area (Å²) in [6.45, 7) is 5.77. The highest BCUT2D eigenvalue weighted by molar-refractivity contribution is 5.96. The lowest BCUT2D eigenvalue weighted by Gasteiger charge is -2.33. The number of benzene rings is 1. The minimum absolute atomic E-state index is 0.0847. The lowest BCUT2D eigenvalue weighted by molar-refractivity contribution is -0.160. The molecule has 3 atom stereocenters. The Labute approximate surface area is 185 Å². The Bertz CT molecular complexity index is 813. The number of esters is 1. The number of hydrogen-bond donors (Lipinski definition) is 1. The second kappa shape index (κ2) is 9.39. The van der Waals surface area contributed by atoms with Crippen LogP contribution in [0.3, 0.4) is 0 Å². The summed E-state index contributed by atoms with van der Waals surface area (Å²) in [4.78, 5) is 41.3. The van der Waals surface area contributed by atoms with Gasteiger partial charge < -0.3 is 15.0 Å². The third-order valence-corrected chi connectivity index (χ3v) is 6.05. The second-order valence-corrected chi connectivity index (χ2v) is 9.89. The first-order valence-electron chi connectivity index (χ1n) is 11.2. The number of nitrogens with one attached hydrogen (secondary N) is 1. The molecule has 0 spiro atoms. The highest BCUT2D eigenvalue weighted by Gasteiger charge is 2.47. The summed E-state index contributed by atoms with van der Waals surface area (Å²) >= 11 is 0. The van der Waals surface area contributed by atoms with Crippen LogP contribution in [-0.4, -0.2) is 65.9 Å². The number of amides is 2. The zero-order chi connectivity index (χ0) is 22.8. The molecule has 1 N–H and O–H groups in total. The number of anilines is 1. The van der Waals surface area contributed by atoms with Gasteiger partial charge in [0.1, 0.15) is 11.6 Å². The molecule has 0 unspecified atom stereocenters. The summed E-state index contributed by atoms with van der Waals surface area (Å²) in [5.74, 6) is -0.0402. The molecule has 0 radical (unpaired) electrons. The van der Waals surface area contributed by atoms with E-state index >= 15 is 0 Å². The Morgan fingerprint density at radius 3 is 2.35 bits per heavy atom. The molecule has 7 nitrogen and oxygen atoms in total. The van der Waals surface area contributed by atoms with Gasteiger partial charge in [0.05, 0.1) is 6.54 Å². The number of carbonyl (C=O) groups excluding carboxylic acids is 3. The van der Waals surface area contributed by atoms with Crippen LogP contribution in [-0.2, 0) is 14.3 Å². The standard InChI is InChI=1S/C24H35N3O4/c1-24(2,3)31-23(30)20-14-17-8-6-7-9-19(17)27(20)15-21(28)25-18-12-10-16(11-13-18)22(29)26(4)5/h10-13,17,19-20H,6-9,14-15H2,1-5H3,(H,25,28)/t17-,19-,20-/m0/s1. The first kappa shape index (κ1) is 23.3. The first-order valence-corrected chi connectivity index (χ1v) is 11.2. The molecule has 1 heterocycles. The normalized spacial score (nSPS) is 23.7. The summed E-state index contributed by atoms with van der Waals surface area (Å²) in [6.07, 6.45) is 5.18. The van der Waals surface area contributed by atoms with E-state index in [0.717, 1.165) is 25.7 Å². The quantitative estimate of drug-likeness (QED) is 0.727. The average Bonchev–Trinajstić information content (AvgIpc) is 3.05. The van der Waals surface area contributed by atoms with Crippen molar-refractivity contribution in [3.63, 3.8) is 0 Å². The highest BCUT2D eigenvalue weighted by Crippen LogP contribution is 2.40. The Balaban J connectivity index is 1.68. The van der Waals surface area contributed by atoms with Crippen LogP contribution in [0.4, 0.5) is 5.69 Å². The monoisotopic (exact) mass is 429 g/mol. The van der Waals surface area contributed by atoms with Crippen molar-refractivity contribution >= 4 is 23.5 Å². The van der Waals surface area contributed by atoms with Crippen LogP contribution in [0, 0.1) is 5.92 Å². The fourth-order valence-electron chi connectivity index (χ4n) is 4.70. The predicted octanol–water partition coefficient (Wildman–Crippen LogP) is 3.30. The van der Waals surface area contributed by atoms with Crippen LogP contribution in [0.1, 0.15) is 63.2 Å². The number of fused-ring (bicyclic) bond motifs is 1. The summed E-state index contributed by atoms with van der Waals surface area (Å²) in [5.41, 5.74) is 0.649. The maximum atomic E-state index is 12.9. The van der Waals surface area contributed by atoms with Crippen molar-refractivity contribution in [1.82, 2.24) is 9.80 Å². The molecule has 1 aromatic rings. The molecule has 2 amide bonds. The minimum Gasteiger partial charge on any atom is -0.459 e. The van der Waals surface area contributed by atoms with Gasteiger partial charge >= 0.3 is 5.97 Å². The molecule has 2 fully saturated rings. The van der Waals surface area contributed by atoms with Gasteiger partial charge in [-0.2, -0.15) is 0 Å². The third kappa shape index (κ3) is 5.85. The van der Waals surface area contributed by atoms with Gasteiger partial charge in [0.2, 0.25) is 5.91 Å². The van der Waals surface area contributed by atoms with E-state index in [1.807, 2.05) is 20.8 Å². The molecular weight excluding hydrogens is 394 g/mol. The van der Waals surface area contributed by atoms with Crippen molar-refractivity contribution in [3.8, 4) is 0 Å². The molecule has 31 heavy (non-hydrogen) atoms. The lowest BCUT2D eigenvalue weighted by Crippen LogP contribution is -2.47. The maximum absolute atomic E-state index is 12.9. The van der Waals surface area contributed by atoms with E-state index in [4.69, 9.17) is 4.74 Å². The Morgan fingerprint density at radius 1 is 1.10 bits per heavy atom. The van der Waals surface area contributed by atoms with Crippen LogP contribution in [0.25, 0.3) is 0 Å². The first-order chi connectivity index (χ1) is 14.5. The van der Waals surface area contributed by atoms with Crippen molar-refractivity contribution in [2.45, 2.75) is 70.6 Å². The molecule has 1 aromatic carbocycles. The van der Waals surface area contributed by atoms with Crippen molar-refractivity contribution in [2.75, 3.05) is 26.0 Å². The number of nitrogens with zero attached hydrogens (tertiary/aromatic N) is 2. The van der Waals surface area contributed by atoms with E-state index in [2.05, 4.69) is 10.2 Å². The van der Waals surface area contributed by atoms with Crippen molar-refractivity contribution < 1.29 is 19.1 Å². The maximum Gasteiger partial charge on any atom is 0.323 e. The zero-order valence-corrected chi connectivity index (χ0v) is 19.3. The number of ether oxygens (including phenoxy) is 1. The Hall–Kier alpha value is -2.41. The third-order valence-electron chi connectivity index (χ3n) is 6.05. The van der Waals surface area contributed by atoms with Crippen molar-refractivity contribution in [3.05, 3.63) is 29.8 Å². The predicted molar refractivity (Wildman–Crippen MR) is 120 cm³/mol. The van der Waals surface area contributed by atoms with Crippen molar-refractivity contribution in [2.24, 2.45) is 5.92 Å². The Kier molecular flexibility index (Phi) is 7.04. The molecule has 1 saturated heterocycles. The summed E-state index contributed by atoms with van der Waals surface area (Å²) < 4.78 is 5.66. The fraction of sp³-hybridized carbons (Fsp3) is 0.625. The van der Waals surface area contributed by atoms with E-state index in [1.165, 1.54) is 11.3 Å². The lowest BCUT2D eigenvalue weighted by atomic mass is 9.85. The van der Waals surface area contributed by atoms with Gasteiger partial charge in [0, 0.05) is 31.4 Å². The second-order valence-electron chi connectivity index (χ2n) is 9.89. The molecule has 3 rings (SSSR count). The van der Waals surface area contributed by atoms with Crippen LogP contribution in [0.5, 0.6) is 0 Å². The summed E-state index contributed by atoms with van der Waals surface area (Å²) in [5, 5.41) is 2.91. The Morgan fingerprint density at radius 2 is 1.74 bits per heavy atom. The molecule has 170 valence electrons. The molecule has 1 aliphatic heterocycles. The summed E-state index contributed by atoms with van der Waals surface area (Å²) in [7, 11) is 3.40. The van der Waals surface area contributed by atoms with E-state index in [0.29, 0.717) is 17.2 Å². The van der Waals surface area contributed by atoms with Gasteiger partial charge in [0.15, 0.2) is 0 Å². The molecule has 1 saturated carbocycles. The molecule has 0 bridgehead atoms. The van der Waals surface area contributed by atoms with Crippen LogP contribution < -0.4 is 5.32 Å². The smallest absolute Gasteiger partial charge is 0.323 e. The zero-order valence-electron chi connectivity index (χ0n) is 19.3. The largest absolute Gasteiger partial charge is 0.459 e. The van der Waals surface area contributed by atoms with Crippen LogP contribution >= 0.6 is 0 Å². The number of hydrogen-bond acceptors (Lipinski definition) is 5. The minimum atomic E-state index is -0.551. The van der Waals surface area contributed by atoms with E-state index in [9.17, 15) is 14.4 Å². The number of rotatable bonds is 5. The van der Waals surface area contributed by atoms with E-state index < -0.39 is 5.60 Å². The van der Waals surface area contributed by atoms with Gasteiger partial charge in [0.25, 0.3) is 5.91 Å². The van der Waals surface area contributed by atoms with Gasteiger partial charge in [-0.25, -0.2) is 0 Å². The molecule has 2 aliphatic rings. The topological polar surface area (TPSA) is 79.0 Å². The van der Waals surface area contributed by atoms with Crippen LogP contribution in [0.15, 0.2) is 24.3 Å². The fourth-order valence-corrected chi connectivity index (χ4v) is 4.70. The van der Waals surface area contributed by atoms with Gasteiger partial charge in [-0.15, -0.1) is 0 Å². The molecular formula is C24H35N3O4. The van der Waals surface area contributed by atoms with Gasteiger partial charge in [-0.1, -0.05) is 12.8 Å². The molecule has 7 heteroatoms. The van der Waals surface area contributed by atoms with Crippen molar-refractivity contribution in [1.29, 1.82) is 0 Å². The van der Waals surface area contributed by atoms with Gasteiger partial charge in [-0.3, -0.25) is 19.3 Å².